The van der Waals surface area contributed by atoms with Gasteiger partial charge in [-0.1, -0.05) is 66.2 Å². The minimum atomic E-state index is -0.0400. The average Bonchev–Trinajstić information content (AvgIpc) is 2.75. The van der Waals surface area contributed by atoms with Crippen LogP contribution in [0.5, 0.6) is 17.2 Å². The zero-order chi connectivity index (χ0) is 21.5. The van der Waals surface area contributed by atoms with Gasteiger partial charge in [0.15, 0.2) is 0 Å². The van der Waals surface area contributed by atoms with Crippen molar-refractivity contribution in [3.63, 3.8) is 0 Å². The predicted molar refractivity (Wildman–Crippen MR) is 126 cm³/mol. The summed E-state index contributed by atoms with van der Waals surface area (Å²) < 4.78 is 0. The lowest BCUT2D eigenvalue weighted by Gasteiger charge is -2.19. The molecule has 0 radical (unpaired) electrons. The molecular weight excluding hydrogens is 391 g/mol. The highest BCUT2D eigenvalue weighted by molar-refractivity contribution is 7.27. The van der Waals surface area contributed by atoms with Crippen molar-refractivity contribution in [3.05, 3.63) is 119 Å². The molecule has 0 fully saturated rings. The Hall–Kier alpha value is -3.29. The summed E-state index contributed by atoms with van der Waals surface area (Å²) in [5.41, 5.74) is 4.38. The highest BCUT2D eigenvalue weighted by Gasteiger charge is 2.17. The van der Waals surface area contributed by atoms with E-state index in [1.807, 2.05) is 36.4 Å². The third-order valence-electron chi connectivity index (χ3n) is 4.76. The molecule has 30 heavy (non-hydrogen) atoms. The van der Waals surface area contributed by atoms with Gasteiger partial charge in [-0.25, -0.2) is 0 Å². The monoisotopic (exact) mass is 416 g/mol. The van der Waals surface area contributed by atoms with Crippen molar-refractivity contribution in [1.29, 1.82) is 0 Å². The fourth-order valence-electron chi connectivity index (χ4n) is 3.14. The van der Waals surface area contributed by atoms with Crippen molar-refractivity contribution in [2.75, 3.05) is 0 Å². The second-order valence-electron chi connectivity index (χ2n) is 7.12. The summed E-state index contributed by atoms with van der Waals surface area (Å²) >= 11 is 0. The van der Waals surface area contributed by atoms with E-state index in [0.29, 0.717) is 0 Å². The minimum absolute atomic E-state index is 0.0400. The molecule has 0 aliphatic rings. The van der Waals surface area contributed by atoms with Gasteiger partial charge in [0, 0.05) is 5.92 Å². The number of aryl methyl sites for hydroxylation is 1. The van der Waals surface area contributed by atoms with Gasteiger partial charge < -0.3 is 15.3 Å². The Morgan fingerprint density at radius 2 is 0.800 bits per heavy atom. The summed E-state index contributed by atoms with van der Waals surface area (Å²) in [6.45, 7) is 2.09. The maximum absolute atomic E-state index is 9.49. The largest absolute Gasteiger partial charge is 0.508 e. The molecule has 0 bridgehead atoms. The molecule has 0 saturated heterocycles. The average molecular weight is 416 g/mol. The molecule has 4 heteroatoms. The molecule has 1 atom stereocenters. The third-order valence-corrected chi connectivity index (χ3v) is 5.14. The van der Waals surface area contributed by atoms with Crippen LogP contribution in [0, 0.1) is 6.92 Å². The second kappa shape index (κ2) is 9.96. The number of hydrogen-bond acceptors (Lipinski definition) is 3. The summed E-state index contributed by atoms with van der Waals surface area (Å²) in [7, 11) is 2.65. The van der Waals surface area contributed by atoms with E-state index >= 15 is 0 Å². The third kappa shape index (κ3) is 5.85. The lowest BCUT2D eigenvalue weighted by Crippen LogP contribution is -2.03. The van der Waals surface area contributed by atoms with Gasteiger partial charge in [0.25, 0.3) is 0 Å². The van der Waals surface area contributed by atoms with E-state index in [9.17, 15) is 15.3 Å². The Morgan fingerprint density at radius 1 is 0.500 bits per heavy atom. The van der Waals surface area contributed by atoms with E-state index in [0.717, 1.165) is 16.7 Å². The molecule has 0 spiro atoms. The molecule has 0 heterocycles. The van der Waals surface area contributed by atoms with E-state index in [1.54, 1.807) is 36.4 Å². The van der Waals surface area contributed by atoms with Crippen LogP contribution in [0.4, 0.5) is 0 Å². The highest BCUT2D eigenvalue weighted by Crippen LogP contribution is 2.34. The molecular formula is C26H25O3P. The Labute approximate surface area is 179 Å². The van der Waals surface area contributed by atoms with Gasteiger partial charge in [0.2, 0.25) is 0 Å². The molecule has 0 saturated carbocycles. The smallest absolute Gasteiger partial charge is 0.115 e. The van der Waals surface area contributed by atoms with Crippen molar-refractivity contribution in [2.45, 2.75) is 12.8 Å². The molecule has 0 amide bonds. The number of benzene rings is 4. The first-order valence-electron chi connectivity index (χ1n) is 9.61. The van der Waals surface area contributed by atoms with E-state index in [4.69, 9.17) is 0 Å². The van der Waals surface area contributed by atoms with Crippen LogP contribution >= 0.6 is 9.24 Å². The lowest BCUT2D eigenvalue weighted by atomic mass is 9.85. The van der Waals surface area contributed by atoms with Gasteiger partial charge in [-0.3, -0.25) is 0 Å². The quantitative estimate of drug-likeness (QED) is 0.306. The SMILES string of the molecule is Cc1ccc(P)cc1.Oc1ccc(C(c2ccc(O)cc2)c2ccc(O)cc2)cc1. The van der Waals surface area contributed by atoms with Crippen LogP contribution in [0.3, 0.4) is 0 Å². The number of rotatable bonds is 3. The summed E-state index contributed by atoms with van der Waals surface area (Å²) in [5.74, 6) is 0.624. The van der Waals surface area contributed by atoms with Crippen molar-refractivity contribution in [1.82, 2.24) is 0 Å². The molecule has 3 N–H and O–H groups in total. The Morgan fingerprint density at radius 3 is 1.07 bits per heavy atom. The molecule has 0 aliphatic carbocycles. The lowest BCUT2D eigenvalue weighted by molar-refractivity contribution is 0.475. The van der Waals surface area contributed by atoms with Gasteiger partial charge in [-0.05, 0) is 65.3 Å². The van der Waals surface area contributed by atoms with Crippen molar-refractivity contribution >= 4 is 14.5 Å². The van der Waals surface area contributed by atoms with Crippen LogP contribution in [0.1, 0.15) is 28.2 Å². The zero-order valence-electron chi connectivity index (χ0n) is 16.7. The van der Waals surface area contributed by atoms with Crippen molar-refractivity contribution in [3.8, 4) is 17.2 Å². The van der Waals surface area contributed by atoms with Crippen LogP contribution < -0.4 is 5.30 Å². The van der Waals surface area contributed by atoms with Crippen LogP contribution in [0.2, 0.25) is 0 Å². The first-order valence-corrected chi connectivity index (χ1v) is 10.2. The van der Waals surface area contributed by atoms with E-state index in [2.05, 4.69) is 40.4 Å². The zero-order valence-corrected chi connectivity index (χ0v) is 17.9. The first-order chi connectivity index (χ1) is 14.4. The highest BCUT2D eigenvalue weighted by atomic mass is 31.0. The van der Waals surface area contributed by atoms with Gasteiger partial charge in [-0.15, -0.1) is 9.24 Å². The topological polar surface area (TPSA) is 60.7 Å². The van der Waals surface area contributed by atoms with E-state index in [-0.39, 0.29) is 23.2 Å². The Bertz CT molecular complexity index is 926. The number of aromatic hydroxyl groups is 3. The molecule has 4 aromatic rings. The molecule has 0 aliphatic heterocycles. The fourth-order valence-corrected chi connectivity index (χ4v) is 3.34. The number of phenolic OH excluding ortho intramolecular Hbond substituents is 3. The van der Waals surface area contributed by atoms with E-state index in [1.165, 1.54) is 10.9 Å². The van der Waals surface area contributed by atoms with Gasteiger partial charge in [-0.2, -0.15) is 0 Å². The first kappa shape index (κ1) is 21.4. The summed E-state index contributed by atoms with van der Waals surface area (Å²) in [4.78, 5) is 0. The molecule has 3 nitrogen and oxygen atoms in total. The normalized spacial score (nSPS) is 10.4. The minimum Gasteiger partial charge on any atom is -0.508 e. The van der Waals surface area contributed by atoms with Crippen LogP contribution in [-0.2, 0) is 0 Å². The molecule has 4 aromatic carbocycles. The van der Waals surface area contributed by atoms with Crippen molar-refractivity contribution in [2.24, 2.45) is 0 Å². The summed E-state index contributed by atoms with van der Waals surface area (Å²) in [5, 5.41) is 29.7. The van der Waals surface area contributed by atoms with Gasteiger partial charge in [0.1, 0.15) is 17.2 Å². The Balaban J connectivity index is 0.000000269. The molecule has 152 valence electrons. The van der Waals surface area contributed by atoms with Crippen LogP contribution in [0.25, 0.3) is 0 Å². The molecule has 4 rings (SSSR count). The second-order valence-corrected chi connectivity index (χ2v) is 7.78. The maximum atomic E-state index is 9.49. The van der Waals surface area contributed by atoms with Gasteiger partial charge >= 0.3 is 0 Å². The Kier molecular flexibility index (Phi) is 7.11. The van der Waals surface area contributed by atoms with E-state index < -0.39 is 0 Å². The molecule has 1 unspecified atom stereocenters. The van der Waals surface area contributed by atoms with Crippen LogP contribution in [-0.4, -0.2) is 15.3 Å². The summed E-state index contributed by atoms with van der Waals surface area (Å²) in [6, 6.07) is 29.5. The fraction of sp³-hybridized carbons (Fsp3) is 0.0769. The summed E-state index contributed by atoms with van der Waals surface area (Å²) in [6.07, 6.45) is 0. The van der Waals surface area contributed by atoms with Crippen molar-refractivity contribution < 1.29 is 15.3 Å². The predicted octanol–water partition coefficient (Wildman–Crippen LogP) is 5.48. The standard InChI is InChI=1S/C19H16O3.C7H9P/c20-16-7-1-13(2-8-16)19(14-3-9-17(21)10-4-14)15-5-11-18(22)12-6-15;1-6-2-4-7(8)5-3-6/h1-12,19-22H;2-5H,8H2,1H3. The number of phenols is 3. The van der Waals surface area contributed by atoms with Gasteiger partial charge in [0.05, 0.1) is 0 Å². The van der Waals surface area contributed by atoms with Crippen LogP contribution in [0.15, 0.2) is 97.1 Å². The maximum Gasteiger partial charge on any atom is 0.115 e. The molecule has 0 aromatic heterocycles. The number of hydrogen-bond donors (Lipinski definition) is 3.